The molecule has 2 aromatic rings. The van der Waals surface area contributed by atoms with Crippen molar-refractivity contribution in [1.29, 1.82) is 0 Å². The molecule has 0 aromatic carbocycles. The summed E-state index contributed by atoms with van der Waals surface area (Å²) in [5, 5.41) is 2.03. The molecular weight excluding hydrogens is 208 g/mol. The third-order valence-electron chi connectivity index (χ3n) is 1.98. The zero-order chi connectivity index (χ0) is 10.7. The van der Waals surface area contributed by atoms with Crippen LogP contribution in [0.15, 0.2) is 29.8 Å². The van der Waals surface area contributed by atoms with Crippen molar-refractivity contribution < 1.29 is 4.74 Å². The van der Waals surface area contributed by atoms with E-state index >= 15 is 0 Å². The summed E-state index contributed by atoms with van der Waals surface area (Å²) >= 11 is 1.67. The van der Waals surface area contributed by atoms with Crippen LogP contribution >= 0.6 is 11.3 Å². The first-order valence-corrected chi connectivity index (χ1v) is 5.51. The van der Waals surface area contributed by atoms with Gasteiger partial charge in [0.2, 0.25) is 5.88 Å². The van der Waals surface area contributed by atoms with Gasteiger partial charge in [-0.05, 0) is 24.4 Å². The van der Waals surface area contributed by atoms with Crippen molar-refractivity contribution >= 4 is 17.0 Å². The average Bonchev–Trinajstić information content (AvgIpc) is 2.69. The molecule has 0 saturated heterocycles. The Balaban J connectivity index is 2.05. The van der Waals surface area contributed by atoms with Crippen LogP contribution in [-0.2, 0) is 6.61 Å². The number of hydrogen-bond acceptors (Lipinski definition) is 4. The number of nitrogens with two attached hydrogens (primary N) is 1. The Morgan fingerprint density at radius 2 is 2.40 bits per heavy atom. The number of thiophene rings is 1. The molecule has 0 unspecified atom stereocenters. The SMILES string of the molecule is Cc1cc(N)cnc1OCc1cccs1. The predicted molar refractivity (Wildman–Crippen MR) is 62.0 cm³/mol. The second kappa shape index (κ2) is 4.31. The summed E-state index contributed by atoms with van der Waals surface area (Å²) < 4.78 is 5.58. The van der Waals surface area contributed by atoms with Crippen LogP contribution < -0.4 is 10.5 Å². The molecule has 2 N–H and O–H groups in total. The first-order valence-electron chi connectivity index (χ1n) is 4.63. The van der Waals surface area contributed by atoms with Gasteiger partial charge in [0.05, 0.1) is 11.9 Å². The van der Waals surface area contributed by atoms with E-state index in [1.54, 1.807) is 17.5 Å². The lowest BCUT2D eigenvalue weighted by Crippen LogP contribution is -1.98. The Morgan fingerprint density at radius 1 is 1.53 bits per heavy atom. The fourth-order valence-electron chi connectivity index (χ4n) is 1.27. The number of ether oxygens (including phenoxy) is 1. The Kier molecular flexibility index (Phi) is 2.87. The molecular formula is C11H12N2OS. The minimum absolute atomic E-state index is 0.565. The number of rotatable bonds is 3. The quantitative estimate of drug-likeness (QED) is 0.865. The summed E-state index contributed by atoms with van der Waals surface area (Å²) in [6.45, 7) is 2.50. The number of anilines is 1. The van der Waals surface area contributed by atoms with Crippen LogP contribution in [0.25, 0.3) is 0 Å². The lowest BCUT2D eigenvalue weighted by Gasteiger charge is -2.06. The van der Waals surface area contributed by atoms with Crippen LogP contribution in [-0.4, -0.2) is 4.98 Å². The molecule has 2 heterocycles. The number of pyridine rings is 1. The van der Waals surface area contributed by atoms with Gasteiger partial charge in [0, 0.05) is 10.4 Å². The summed E-state index contributed by atoms with van der Waals surface area (Å²) in [6.07, 6.45) is 1.61. The molecule has 0 spiro atoms. The van der Waals surface area contributed by atoms with Crippen LogP contribution in [0.3, 0.4) is 0 Å². The molecule has 78 valence electrons. The lowest BCUT2D eigenvalue weighted by molar-refractivity contribution is 0.295. The molecule has 0 bridgehead atoms. The van der Waals surface area contributed by atoms with Gasteiger partial charge >= 0.3 is 0 Å². The molecule has 3 nitrogen and oxygen atoms in total. The van der Waals surface area contributed by atoms with Gasteiger partial charge in [0.1, 0.15) is 6.61 Å². The fourth-order valence-corrected chi connectivity index (χ4v) is 1.89. The zero-order valence-corrected chi connectivity index (χ0v) is 9.25. The fraction of sp³-hybridized carbons (Fsp3) is 0.182. The van der Waals surface area contributed by atoms with Crippen LogP contribution in [0.2, 0.25) is 0 Å². The highest BCUT2D eigenvalue weighted by molar-refractivity contribution is 7.09. The monoisotopic (exact) mass is 220 g/mol. The molecule has 4 heteroatoms. The molecule has 0 radical (unpaired) electrons. The van der Waals surface area contributed by atoms with Gasteiger partial charge < -0.3 is 10.5 Å². The van der Waals surface area contributed by atoms with E-state index in [1.165, 1.54) is 4.88 Å². The van der Waals surface area contributed by atoms with Gasteiger partial charge in [-0.2, -0.15) is 0 Å². The minimum Gasteiger partial charge on any atom is -0.472 e. The lowest BCUT2D eigenvalue weighted by atomic mass is 10.3. The summed E-state index contributed by atoms with van der Waals surface area (Å²) in [4.78, 5) is 5.32. The average molecular weight is 220 g/mol. The Hall–Kier alpha value is -1.55. The summed E-state index contributed by atoms with van der Waals surface area (Å²) in [5.74, 6) is 0.651. The summed E-state index contributed by atoms with van der Waals surface area (Å²) in [7, 11) is 0. The highest BCUT2D eigenvalue weighted by atomic mass is 32.1. The molecule has 0 aliphatic heterocycles. The van der Waals surface area contributed by atoms with Gasteiger partial charge in [-0.25, -0.2) is 4.98 Å². The van der Waals surface area contributed by atoms with Gasteiger partial charge in [0.15, 0.2) is 0 Å². The third-order valence-corrected chi connectivity index (χ3v) is 2.83. The van der Waals surface area contributed by atoms with E-state index in [9.17, 15) is 0 Å². The molecule has 0 atom stereocenters. The Labute approximate surface area is 92.5 Å². The molecule has 0 amide bonds. The van der Waals surface area contributed by atoms with Gasteiger partial charge in [0.25, 0.3) is 0 Å². The molecule has 15 heavy (non-hydrogen) atoms. The normalized spacial score (nSPS) is 10.2. The second-order valence-corrected chi connectivity index (χ2v) is 4.29. The van der Waals surface area contributed by atoms with Crippen LogP contribution in [0.1, 0.15) is 10.4 Å². The standard InChI is InChI=1S/C11H12N2OS/c1-8-5-9(12)6-13-11(8)14-7-10-3-2-4-15-10/h2-6H,7,12H2,1H3. The topological polar surface area (TPSA) is 48.1 Å². The Morgan fingerprint density at radius 3 is 3.07 bits per heavy atom. The second-order valence-electron chi connectivity index (χ2n) is 3.26. The van der Waals surface area contributed by atoms with E-state index in [0.717, 1.165) is 5.56 Å². The highest BCUT2D eigenvalue weighted by Gasteiger charge is 2.02. The number of nitrogen functional groups attached to an aromatic ring is 1. The van der Waals surface area contributed by atoms with E-state index in [-0.39, 0.29) is 0 Å². The van der Waals surface area contributed by atoms with E-state index in [0.29, 0.717) is 18.2 Å². The maximum atomic E-state index is 5.60. The van der Waals surface area contributed by atoms with E-state index < -0.39 is 0 Å². The van der Waals surface area contributed by atoms with Gasteiger partial charge in [-0.3, -0.25) is 0 Å². The molecule has 2 rings (SSSR count). The van der Waals surface area contributed by atoms with Crippen molar-refractivity contribution in [1.82, 2.24) is 4.98 Å². The maximum Gasteiger partial charge on any atom is 0.216 e. The van der Waals surface area contributed by atoms with Crippen molar-refractivity contribution in [2.24, 2.45) is 0 Å². The highest BCUT2D eigenvalue weighted by Crippen LogP contribution is 2.18. The van der Waals surface area contributed by atoms with Crippen molar-refractivity contribution in [2.75, 3.05) is 5.73 Å². The number of aryl methyl sites for hydroxylation is 1. The largest absolute Gasteiger partial charge is 0.472 e. The van der Waals surface area contributed by atoms with Gasteiger partial charge in [-0.1, -0.05) is 6.07 Å². The first-order chi connectivity index (χ1) is 7.25. The smallest absolute Gasteiger partial charge is 0.216 e. The number of aromatic nitrogens is 1. The van der Waals surface area contributed by atoms with E-state index in [1.807, 2.05) is 30.5 Å². The minimum atomic E-state index is 0.565. The van der Waals surface area contributed by atoms with Crippen molar-refractivity contribution in [3.8, 4) is 5.88 Å². The van der Waals surface area contributed by atoms with Crippen LogP contribution in [0, 0.1) is 6.92 Å². The summed E-state index contributed by atoms with van der Waals surface area (Å²) in [6, 6.07) is 5.90. The number of hydrogen-bond donors (Lipinski definition) is 1. The molecule has 0 fully saturated rings. The molecule has 0 aliphatic carbocycles. The van der Waals surface area contributed by atoms with Crippen molar-refractivity contribution in [3.05, 3.63) is 40.2 Å². The molecule has 2 aromatic heterocycles. The van der Waals surface area contributed by atoms with E-state index in [4.69, 9.17) is 10.5 Å². The predicted octanol–water partition coefficient (Wildman–Crippen LogP) is 2.61. The summed E-state index contributed by atoms with van der Waals surface area (Å²) in [5.41, 5.74) is 7.23. The third kappa shape index (κ3) is 2.47. The van der Waals surface area contributed by atoms with Crippen molar-refractivity contribution in [2.45, 2.75) is 13.5 Å². The van der Waals surface area contributed by atoms with Crippen molar-refractivity contribution in [3.63, 3.8) is 0 Å². The van der Waals surface area contributed by atoms with Gasteiger partial charge in [-0.15, -0.1) is 11.3 Å². The Bertz CT molecular complexity index is 440. The maximum absolute atomic E-state index is 5.60. The van der Waals surface area contributed by atoms with Crippen LogP contribution in [0.5, 0.6) is 5.88 Å². The number of nitrogens with zero attached hydrogens (tertiary/aromatic N) is 1. The molecule has 0 aliphatic rings. The van der Waals surface area contributed by atoms with E-state index in [2.05, 4.69) is 4.98 Å². The zero-order valence-electron chi connectivity index (χ0n) is 8.43. The van der Waals surface area contributed by atoms with Crippen LogP contribution in [0.4, 0.5) is 5.69 Å². The first kappa shape index (κ1) is 9.98. The molecule has 0 saturated carbocycles.